The lowest BCUT2D eigenvalue weighted by atomic mass is 10.2. The van der Waals surface area contributed by atoms with Crippen LogP contribution in [0.5, 0.6) is 0 Å². The Kier molecular flexibility index (Phi) is 6.72. The second kappa shape index (κ2) is 7.21. The monoisotopic (exact) mass is 272 g/mol. The Morgan fingerprint density at radius 3 is 2.41 bits per heavy atom. The topological polar surface area (TPSA) is 195 Å². The van der Waals surface area contributed by atoms with Gasteiger partial charge in [-0.3, -0.25) is 4.99 Å². The highest BCUT2D eigenvalue weighted by Gasteiger charge is 2.27. The van der Waals surface area contributed by atoms with Gasteiger partial charge in [0.2, 0.25) is 0 Å². The Hall–Kier alpha value is -1.17. The van der Waals surface area contributed by atoms with Gasteiger partial charge in [0.15, 0.2) is 5.96 Å². The summed E-state index contributed by atoms with van der Waals surface area (Å²) in [5, 5.41) is 0. The molecule has 0 radical (unpaired) electrons. The van der Waals surface area contributed by atoms with Crippen LogP contribution in [0.2, 0.25) is 0 Å². The van der Waals surface area contributed by atoms with Crippen LogP contribution < -0.4 is 31.2 Å². The first-order valence-corrected chi connectivity index (χ1v) is 5.57. The summed E-state index contributed by atoms with van der Waals surface area (Å²) in [7, 11) is -4.83. The minimum atomic E-state index is -4.83. The quantitative estimate of drug-likeness (QED) is 0.133. The van der Waals surface area contributed by atoms with Crippen LogP contribution in [0.15, 0.2) is 4.99 Å². The van der Waals surface area contributed by atoms with Crippen molar-refractivity contribution in [3.63, 3.8) is 0 Å². The molecule has 0 heterocycles. The van der Waals surface area contributed by atoms with Crippen LogP contribution in [0.3, 0.4) is 0 Å². The Bertz CT molecular complexity index is 276. The molecule has 0 rings (SSSR count). The first-order valence-electron chi connectivity index (χ1n) is 4.34. The van der Waals surface area contributed by atoms with Crippen LogP contribution in [0, 0.1) is 10.2 Å². The SMILES string of the molecule is NC(N)=NCCC[C@H](N)C(=O)OO[Cl+3]([O-])([O-])[O-]. The number of halogens is 1. The molecule has 10 nitrogen and oxygen atoms in total. The molecule has 100 valence electrons. The number of carbonyl (C=O) groups is 1. The Balaban J connectivity index is 3.79. The minimum absolute atomic E-state index is 0.0965. The van der Waals surface area contributed by atoms with Crippen molar-refractivity contribution < 1.29 is 38.3 Å². The number of rotatable bonds is 7. The van der Waals surface area contributed by atoms with Gasteiger partial charge in [0.25, 0.3) is 0 Å². The van der Waals surface area contributed by atoms with Crippen molar-refractivity contribution in [2.75, 3.05) is 6.54 Å². The largest absolute Gasteiger partial charge is 0.374 e. The van der Waals surface area contributed by atoms with E-state index in [4.69, 9.17) is 17.2 Å². The van der Waals surface area contributed by atoms with Crippen molar-refractivity contribution in [3.05, 3.63) is 0 Å². The van der Waals surface area contributed by atoms with Crippen LogP contribution in [-0.2, 0) is 14.1 Å². The number of hydrogen-bond donors (Lipinski definition) is 3. The summed E-state index contributed by atoms with van der Waals surface area (Å²) in [6.07, 6.45) is 0.505. The minimum Gasteiger partial charge on any atom is -0.370 e. The van der Waals surface area contributed by atoms with Crippen LogP contribution in [-0.4, -0.2) is 24.5 Å². The van der Waals surface area contributed by atoms with Crippen molar-refractivity contribution in [2.24, 2.45) is 22.2 Å². The summed E-state index contributed by atoms with van der Waals surface area (Å²) >= 11 is 0. The van der Waals surface area contributed by atoms with E-state index in [0.717, 1.165) is 0 Å². The van der Waals surface area contributed by atoms with Gasteiger partial charge in [-0.2, -0.15) is 18.9 Å². The smallest absolute Gasteiger partial charge is 0.370 e. The van der Waals surface area contributed by atoms with Crippen molar-refractivity contribution >= 4 is 11.9 Å². The summed E-state index contributed by atoms with van der Waals surface area (Å²) in [6, 6.07) is -1.14. The first kappa shape index (κ1) is 15.8. The van der Waals surface area contributed by atoms with Crippen LogP contribution in [0.1, 0.15) is 12.8 Å². The highest BCUT2D eigenvalue weighted by Crippen LogP contribution is 2.00. The van der Waals surface area contributed by atoms with Gasteiger partial charge in [-0.25, -0.2) is 4.79 Å². The standard InChI is InChI=1S/C6H13ClN4O6/c8-4(2-1-3-11-6(9)10)5(12)16-17-7(13,14)15/h4H,1-3,8H2,(H4,9,10,11)/t4-/m0/s1. The molecule has 1 atom stereocenters. The van der Waals surface area contributed by atoms with E-state index in [1.165, 1.54) is 0 Å². The molecule has 0 aromatic heterocycles. The normalized spacial score (nSPS) is 12.9. The van der Waals surface area contributed by atoms with Gasteiger partial charge in [0, 0.05) is 6.54 Å². The molecule has 0 aromatic rings. The van der Waals surface area contributed by atoms with Crippen molar-refractivity contribution in [1.29, 1.82) is 0 Å². The third-order valence-electron chi connectivity index (χ3n) is 1.46. The molecule has 0 saturated heterocycles. The Labute approximate surface area is 98.6 Å². The fourth-order valence-corrected chi connectivity index (χ4v) is 0.908. The van der Waals surface area contributed by atoms with Crippen LogP contribution in [0.4, 0.5) is 0 Å². The summed E-state index contributed by atoms with van der Waals surface area (Å²) < 4.78 is 33.0. The lowest BCUT2D eigenvalue weighted by molar-refractivity contribution is -1.93. The summed E-state index contributed by atoms with van der Waals surface area (Å²) in [5.74, 6) is -1.28. The van der Waals surface area contributed by atoms with E-state index in [0.29, 0.717) is 6.42 Å². The molecule has 0 aromatic carbocycles. The third-order valence-corrected chi connectivity index (χ3v) is 1.68. The molecule has 0 aliphatic carbocycles. The highest BCUT2D eigenvalue weighted by atomic mass is 35.7. The van der Waals surface area contributed by atoms with E-state index in [-0.39, 0.29) is 18.9 Å². The van der Waals surface area contributed by atoms with Crippen LogP contribution in [0.25, 0.3) is 0 Å². The molecular formula is C6H13ClN4O6. The number of nitrogens with two attached hydrogens (primary N) is 3. The van der Waals surface area contributed by atoms with Crippen molar-refractivity contribution in [2.45, 2.75) is 18.9 Å². The van der Waals surface area contributed by atoms with Crippen molar-refractivity contribution in [1.82, 2.24) is 0 Å². The fraction of sp³-hybridized carbons (Fsp3) is 0.667. The number of guanidine groups is 1. The van der Waals surface area contributed by atoms with Gasteiger partial charge in [-0.05, 0) is 12.8 Å². The molecule has 0 bridgehead atoms. The van der Waals surface area contributed by atoms with E-state index in [9.17, 15) is 18.8 Å². The van der Waals surface area contributed by atoms with Gasteiger partial charge in [0.05, 0.1) is 0 Å². The number of aliphatic imine (C=N–C) groups is 1. The zero-order valence-electron chi connectivity index (χ0n) is 8.71. The average Bonchev–Trinajstić information content (AvgIpc) is 2.19. The summed E-state index contributed by atoms with van der Waals surface area (Å²) in [4.78, 5) is 18.3. The molecule has 0 aliphatic heterocycles. The molecule has 0 aliphatic rings. The third kappa shape index (κ3) is 9.74. The average molecular weight is 273 g/mol. The molecule has 0 fully saturated rings. The zero-order chi connectivity index (χ0) is 13.5. The lowest BCUT2D eigenvalue weighted by Gasteiger charge is -2.10. The molecule has 6 N–H and O–H groups in total. The molecule has 0 unspecified atom stereocenters. The maximum atomic E-state index is 11.0. The molecule has 17 heavy (non-hydrogen) atoms. The maximum absolute atomic E-state index is 11.0. The van der Waals surface area contributed by atoms with Crippen molar-refractivity contribution in [3.8, 4) is 0 Å². The lowest BCUT2D eigenvalue weighted by Crippen LogP contribution is -2.61. The Morgan fingerprint density at radius 1 is 1.35 bits per heavy atom. The predicted molar refractivity (Wildman–Crippen MR) is 45.1 cm³/mol. The molecule has 0 saturated carbocycles. The van der Waals surface area contributed by atoms with E-state index < -0.39 is 22.3 Å². The van der Waals surface area contributed by atoms with Gasteiger partial charge >= 0.3 is 10.4 Å². The molecule has 11 heteroatoms. The highest BCUT2D eigenvalue weighted by molar-refractivity contribution is 5.75. The zero-order valence-corrected chi connectivity index (χ0v) is 9.46. The van der Waals surface area contributed by atoms with E-state index in [1.54, 1.807) is 0 Å². The number of carbonyl (C=O) groups excluding carboxylic acids is 1. The second-order valence-corrected chi connectivity index (χ2v) is 3.78. The van der Waals surface area contributed by atoms with E-state index in [2.05, 4.69) is 14.3 Å². The van der Waals surface area contributed by atoms with Gasteiger partial charge < -0.3 is 17.2 Å². The molecule has 0 amide bonds. The summed E-state index contributed by atoms with van der Waals surface area (Å²) in [6.45, 7) is 0.252. The van der Waals surface area contributed by atoms with Crippen LogP contribution >= 0.6 is 0 Å². The van der Waals surface area contributed by atoms with E-state index >= 15 is 0 Å². The van der Waals surface area contributed by atoms with E-state index in [1.807, 2.05) is 0 Å². The van der Waals surface area contributed by atoms with Gasteiger partial charge in [-0.1, -0.05) is 0 Å². The maximum Gasteiger partial charge on any atom is 0.374 e. The predicted octanol–water partition coefficient (Wildman–Crippen LogP) is -5.26. The molecule has 0 spiro atoms. The second-order valence-electron chi connectivity index (χ2n) is 2.90. The number of hydrogen-bond acceptors (Lipinski definition) is 8. The van der Waals surface area contributed by atoms with Gasteiger partial charge in [-0.15, -0.1) is 0 Å². The number of nitrogens with zero attached hydrogens (tertiary/aromatic N) is 1. The summed E-state index contributed by atoms with van der Waals surface area (Å²) in [5.41, 5.74) is 15.4. The first-order chi connectivity index (χ1) is 7.72. The molecular weight excluding hydrogens is 260 g/mol. The van der Waals surface area contributed by atoms with Gasteiger partial charge in [0.1, 0.15) is 16.3 Å². The fourth-order valence-electron chi connectivity index (χ4n) is 0.769. The Morgan fingerprint density at radius 2 is 1.94 bits per heavy atom.